The van der Waals surface area contributed by atoms with E-state index >= 15 is 4.39 Å². The first-order valence-electron chi connectivity index (χ1n) is 17.1. The molecule has 0 saturated carbocycles. The first kappa shape index (κ1) is 31.4. The smallest absolute Gasteiger partial charge is 0.256 e. The number of hydrogen-bond acceptors (Lipinski definition) is 8. The van der Waals surface area contributed by atoms with Crippen molar-refractivity contribution in [1.29, 1.82) is 0 Å². The molecule has 4 aromatic carbocycles. The van der Waals surface area contributed by atoms with Crippen LogP contribution in [0.2, 0.25) is 0 Å². The fraction of sp³-hybridized carbons (Fsp3) is 0.368. The highest BCUT2D eigenvalue weighted by atomic mass is 19.1. The molecule has 1 amide bonds. The van der Waals surface area contributed by atoms with Gasteiger partial charge in [-0.1, -0.05) is 24.3 Å². The third kappa shape index (κ3) is 5.23. The summed E-state index contributed by atoms with van der Waals surface area (Å²) in [6, 6.07) is 11.6. The van der Waals surface area contributed by atoms with Gasteiger partial charge in [-0.3, -0.25) is 19.2 Å². The van der Waals surface area contributed by atoms with Crippen molar-refractivity contribution in [3.63, 3.8) is 0 Å². The van der Waals surface area contributed by atoms with Crippen molar-refractivity contribution >= 4 is 60.7 Å². The zero-order valence-electron chi connectivity index (χ0n) is 27.6. The Hall–Kier alpha value is -4.87. The first-order valence-corrected chi connectivity index (χ1v) is 17.1. The highest BCUT2D eigenvalue weighted by Crippen LogP contribution is 2.35. The molecule has 2 fully saturated rings. The van der Waals surface area contributed by atoms with Crippen molar-refractivity contribution in [2.45, 2.75) is 50.6 Å². The summed E-state index contributed by atoms with van der Waals surface area (Å²) in [4.78, 5) is 59.3. The molecule has 2 aromatic heterocycles. The van der Waals surface area contributed by atoms with E-state index in [1.165, 1.54) is 12.3 Å². The lowest BCUT2D eigenvalue weighted by Crippen LogP contribution is -2.34. The summed E-state index contributed by atoms with van der Waals surface area (Å²) in [5.41, 5.74) is -0.380. The number of likely N-dealkylation sites (tertiary alicyclic amines) is 2. The van der Waals surface area contributed by atoms with Crippen LogP contribution in [0.5, 0.6) is 0 Å². The minimum absolute atomic E-state index is 0.0205. The summed E-state index contributed by atoms with van der Waals surface area (Å²) in [5.74, 6) is -1.25. The maximum atomic E-state index is 16.0. The number of nitrogens with zero attached hydrogens (tertiary/aromatic N) is 3. The number of halogens is 1. The number of nitrogens with one attached hydrogen (secondary N) is 2. The molecule has 2 unspecified atom stereocenters. The molecule has 252 valence electrons. The summed E-state index contributed by atoms with van der Waals surface area (Å²) in [6.07, 6.45) is 7.32. The molecule has 6 aromatic rings. The number of rotatable bonds is 8. The van der Waals surface area contributed by atoms with E-state index in [0.29, 0.717) is 41.5 Å². The van der Waals surface area contributed by atoms with Gasteiger partial charge in [-0.25, -0.2) is 4.39 Å². The summed E-state index contributed by atoms with van der Waals surface area (Å²) in [6.45, 7) is 2.89. The second kappa shape index (κ2) is 12.2. The van der Waals surface area contributed by atoms with Crippen LogP contribution in [0.1, 0.15) is 48.9 Å². The summed E-state index contributed by atoms with van der Waals surface area (Å²) >= 11 is 0. The monoisotopic (exact) mass is 663 g/mol. The van der Waals surface area contributed by atoms with E-state index < -0.39 is 17.2 Å². The average Bonchev–Trinajstić information content (AvgIpc) is 3.71. The second-order valence-corrected chi connectivity index (χ2v) is 13.7. The molecule has 0 aliphatic carbocycles. The van der Waals surface area contributed by atoms with Crippen molar-refractivity contribution in [1.82, 2.24) is 19.5 Å². The van der Waals surface area contributed by atoms with E-state index in [1.54, 1.807) is 34.7 Å². The van der Waals surface area contributed by atoms with Gasteiger partial charge in [0, 0.05) is 52.9 Å². The summed E-state index contributed by atoms with van der Waals surface area (Å²) < 4.78 is 24.1. The van der Waals surface area contributed by atoms with Gasteiger partial charge in [-0.2, -0.15) is 0 Å². The second-order valence-electron chi connectivity index (χ2n) is 13.7. The number of amides is 1. The van der Waals surface area contributed by atoms with Gasteiger partial charge in [0.1, 0.15) is 16.8 Å². The minimum atomic E-state index is -0.686. The molecule has 2 N–H and O–H groups in total. The largest absolute Gasteiger partial charge is 0.451 e. The Bertz CT molecular complexity index is 2480. The highest BCUT2D eigenvalue weighted by molar-refractivity contribution is 6.08. The molecule has 2 aliphatic rings. The molecule has 49 heavy (non-hydrogen) atoms. The zero-order chi connectivity index (χ0) is 34.0. The minimum Gasteiger partial charge on any atom is -0.451 e. The normalized spacial score (nSPS) is 18.9. The molecule has 0 bridgehead atoms. The Kier molecular flexibility index (Phi) is 7.83. The van der Waals surface area contributed by atoms with Crippen LogP contribution in [0.4, 0.5) is 10.1 Å². The van der Waals surface area contributed by atoms with E-state index in [4.69, 9.17) is 4.42 Å². The molecular weight excluding hydrogens is 625 g/mol. The summed E-state index contributed by atoms with van der Waals surface area (Å²) in [5, 5.41) is 7.07. The van der Waals surface area contributed by atoms with Gasteiger partial charge in [0.25, 0.3) is 5.91 Å². The van der Waals surface area contributed by atoms with Crippen molar-refractivity contribution in [3.05, 3.63) is 90.7 Å². The lowest BCUT2D eigenvalue weighted by Gasteiger charge is -2.21. The number of hydrogen-bond donors (Lipinski definition) is 2. The van der Waals surface area contributed by atoms with Crippen molar-refractivity contribution in [3.8, 4) is 0 Å². The molecular formula is C38H38FN5O5. The van der Waals surface area contributed by atoms with Gasteiger partial charge in [0.2, 0.25) is 5.43 Å². The maximum Gasteiger partial charge on any atom is 0.256 e. The molecule has 2 saturated heterocycles. The Morgan fingerprint density at radius 1 is 0.837 bits per heavy atom. The van der Waals surface area contributed by atoms with Crippen LogP contribution >= 0.6 is 0 Å². The van der Waals surface area contributed by atoms with Gasteiger partial charge < -0.3 is 29.3 Å². The maximum absolute atomic E-state index is 16.0. The number of carbonyl (C=O) groups excluding carboxylic acids is 1. The highest BCUT2D eigenvalue weighted by Gasteiger charge is 2.26. The van der Waals surface area contributed by atoms with E-state index in [9.17, 15) is 19.2 Å². The Morgan fingerprint density at radius 3 is 2.10 bits per heavy atom. The molecule has 2 atom stereocenters. The Morgan fingerprint density at radius 2 is 1.47 bits per heavy atom. The third-order valence-corrected chi connectivity index (χ3v) is 10.8. The van der Waals surface area contributed by atoms with Crippen LogP contribution in [0.25, 0.3) is 49.1 Å². The van der Waals surface area contributed by atoms with Gasteiger partial charge in [-0.15, -0.1) is 0 Å². The average molecular weight is 664 g/mol. The fourth-order valence-electron chi connectivity index (χ4n) is 8.03. The number of carbonyl (C=O) groups is 1. The molecule has 10 nitrogen and oxygen atoms in total. The van der Waals surface area contributed by atoms with Gasteiger partial charge >= 0.3 is 0 Å². The fourth-order valence-corrected chi connectivity index (χ4v) is 8.03. The topological polar surface area (TPSA) is 116 Å². The SMILES string of the molecule is CN1CCCC1CCNC(=O)c1cn2c3cc4c(=O)c5ccccc5c(=O)c4cc3oc3c(NCCC4CCCN4C)c(F)cc(c1=O)c32. The number of benzene rings is 4. The quantitative estimate of drug-likeness (QED) is 0.174. The molecule has 11 heteroatoms. The van der Waals surface area contributed by atoms with E-state index in [2.05, 4.69) is 34.5 Å². The van der Waals surface area contributed by atoms with Crippen LogP contribution in [0.15, 0.2) is 67.5 Å². The lowest BCUT2D eigenvalue weighted by molar-refractivity contribution is 0.0949. The van der Waals surface area contributed by atoms with E-state index in [1.807, 2.05) is 0 Å². The van der Waals surface area contributed by atoms with E-state index in [0.717, 1.165) is 57.7 Å². The van der Waals surface area contributed by atoms with Gasteiger partial charge in [-0.05, 0) is 83.9 Å². The number of anilines is 1. The predicted molar refractivity (Wildman–Crippen MR) is 191 cm³/mol. The molecule has 0 radical (unpaired) electrons. The predicted octanol–water partition coefficient (Wildman–Crippen LogP) is 4.91. The summed E-state index contributed by atoms with van der Waals surface area (Å²) in [7, 11) is 4.15. The lowest BCUT2D eigenvalue weighted by atomic mass is 10.0. The first-order chi connectivity index (χ1) is 23.7. The molecule has 4 heterocycles. The standard InChI is InChI=1S/C38H38FN5O5/c1-42-15-5-7-21(42)11-13-40-32-29(39)17-27-33-37(32)49-31-19-26-25(34(45)23-9-3-4-10-24(23)35(26)46)18-30(31)44(33)20-28(36(27)47)38(48)41-14-12-22-8-6-16-43(22)2/h3-4,9-10,17-22,40H,5-8,11-16H2,1-2H3,(H,41,48). The van der Waals surface area contributed by atoms with Crippen LogP contribution in [-0.4, -0.2) is 72.5 Å². The molecule has 2 aliphatic heterocycles. The van der Waals surface area contributed by atoms with Crippen molar-refractivity contribution in [2.75, 3.05) is 45.6 Å². The van der Waals surface area contributed by atoms with Crippen LogP contribution in [0.3, 0.4) is 0 Å². The van der Waals surface area contributed by atoms with Crippen molar-refractivity contribution < 1.29 is 13.6 Å². The molecule has 0 spiro atoms. The Labute approximate surface area is 280 Å². The number of fused-ring (bicyclic) bond motifs is 4. The van der Waals surface area contributed by atoms with E-state index in [-0.39, 0.29) is 54.9 Å². The van der Waals surface area contributed by atoms with Crippen LogP contribution < -0.4 is 26.9 Å². The zero-order valence-corrected chi connectivity index (χ0v) is 27.6. The van der Waals surface area contributed by atoms with Crippen LogP contribution in [0, 0.1) is 5.82 Å². The molecule has 8 rings (SSSR count). The number of pyridine rings is 1. The van der Waals surface area contributed by atoms with Crippen molar-refractivity contribution in [2.24, 2.45) is 0 Å². The van der Waals surface area contributed by atoms with Gasteiger partial charge in [0.15, 0.2) is 27.8 Å². The number of aromatic nitrogens is 1. The third-order valence-electron chi connectivity index (χ3n) is 10.8. The van der Waals surface area contributed by atoms with Crippen LogP contribution in [-0.2, 0) is 0 Å². The Balaban J connectivity index is 1.31. The van der Waals surface area contributed by atoms with Gasteiger partial charge in [0.05, 0.1) is 10.9 Å².